The van der Waals surface area contributed by atoms with Gasteiger partial charge in [-0.1, -0.05) is 30.4 Å². The molecule has 0 unspecified atom stereocenters. The van der Waals surface area contributed by atoms with Crippen molar-refractivity contribution < 1.29 is 0 Å². The quantitative estimate of drug-likeness (QED) is 0.592. The van der Waals surface area contributed by atoms with Gasteiger partial charge in [-0.25, -0.2) is 4.98 Å². The van der Waals surface area contributed by atoms with E-state index in [9.17, 15) is 0 Å². The number of thiazole rings is 1. The molecule has 20 heavy (non-hydrogen) atoms. The van der Waals surface area contributed by atoms with E-state index < -0.39 is 0 Å². The van der Waals surface area contributed by atoms with E-state index in [1.54, 1.807) is 16.0 Å². The summed E-state index contributed by atoms with van der Waals surface area (Å²) in [6.07, 6.45) is 0.804. The summed E-state index contributed by atoms with van der Waals surface area (Å²) in [6.45, 7) is 2.05. The molecule has 100 valence electrons. The highest BCUT2D eigenvalue weighted by Crippen LogP contribution is 2.29. The van der Waals surface area contributed by atoms with Gasteiger partial charge in [0.25, 0.3) is 0 Å². The molecule has 4 rings (SSSR count). The number of para-hydroxylation sites is 1. The summed E-state index contributed by atoms with van der Waals surface area (Å²) in [6, 6.07) is 8.04. The van der Waals surface area contributed by atoms with Crippen molar-refractivity contribution in [2.75, 3.05) is 5.73 Å². The number of anilines is 1. The monoisotopic (exact) mass is 284 g/mol. The van der Waals surface area contributed by atoms with Gasteiger partial charge in [-0.2, -0.15) is 14.9 Å². The summed E-state index contributed by atoms with van der Waals surface area (Å²) < 4.78 is 2.90. The van der Waals surface area contributed by atoms with Crippen LogP contribution in [0.2, 0.25) is 0 Å². The molecule has 4 aromatic rings. The summed E-state index contributed by atoms with van der Waals surface area (Å²) >= 11 is 1.59. The molecule has 6 nitrogen and oxygen atoms in total. The fourth-order valence-corrected chi connectivity index (χ4v) is 3.25. The van der Waals surface area contributed by atoms with Crippen molar-refractivity contribution in [1.29, 1.82) is 0 Å². The number of aromatic amines is 1. The van der Waals surface area contributed by atoms with E-state index >= 15 is 0 Å². The van der Waals surface area contributed by atoms with Crippen LogP contribution in [0.3, 0.4) is 0 Å². The lowest BCUT2D eigenvalue weighted by molar-refractivity contribution is 0.839. The minimum atomic E-state index is 0.559. The molecule has 0 amide bonds. The molecule has 3 heterocycles. The van der Waals surface area contributed by atoms with Crippen molar-refractivity contribution >= 4 is 38.4 Å². The lowest BCUT2D eigenvalue weighted by Crippen LogP contribution is -1.97. The van der Waals surface area contributed by atoms with Crippen LogP contribution in [-0.4, -0.2) is 25.0 Å². The van der Waals surface area contributed by atoms with Crippen LogP contribution in [0.5, 0.6) is 0 Å². The minimum absolute atomic E-state index is 0.559. The zero-order chi connectivity index (χ0) is 13.7. The Balaban J connectivity index is 2.01. The molecule has 0 aliphatic rings. The molecule has 0 aliphatic carbocycles. The molecule has 0 atom stereocenters. The lowest BCUT2D eigenvalue weighted by Gasteiger charge is -1.93. The van der Waals surface area contributed by atoms with E-state index in [0.717, 1.165) is 38.5 Å². The number of rotatable bonds is 2. The predicted molar refractivity (Wildman–Crippen MR) is 80.2 cm³/mol. The summed E-state index contributed by atoms with van der Waals surface area (Å²) in [7, 11) is 0. The molecular formula is C13H12N6S. The molecule has 0 radical (unpaired) electrons. The van der Waals surface area contributed by atoms with Crippen molar-refractivity contribution in [3.05, 3.63) is 30.0 Å². The highest BCUT2D eigenvalue weighted by atomic mass is 32.1. The first-order chi connectivity index (χ1) is 9.78. The van der Waals surface area contributed by atoms with E-state index in [1.165, 1.54) is 0 Å². The first-order valence-corrected chi connectivity index (χ1v) is 7.17. The first kappa shape index (κ1) is 11.4. The Morgan fingerprint density at radius 1 is 1.35 bits per heavy atom. The van der Waals surface area contributed by atoms with Gasteiger partial charge < -0.3 is 5.73 Å². The molecule has 7 heteroatoms. The molecule has 0 saturated heterocycles. The molecule has 0 fully saturated rings. The van der Waals surface area contributed by atoms with Gasteiger partial charge in [-0.3, -0.25) is 5.10 Å². The Labute approximate surface area is 118 Å². The van der Waals surface area contributed by atoms with Crippen molar-refractivity contribution in [1.82, 2.24) is 25.0 Å². The molecule has 3 aromatic heterocycles. The van der Waals surface area contributed by atoms with E-state index in [0.29, 0.717) is 5.82 Å². The Kier molecular flexibility index (Phi) is 2.31. The average molecular weight is 284 g/mol. The molecular weight excluding hydrogens is 272 g/mol. The van der Waals surface area contributed by atoms with Gasteiger partial charge >= 0.3 is 0 Å². The normalized spacial score (nSPS) is 11.7. The number of aryl methyl sites for hydroxylation is 1. The van der Waals surface area contributed by atoms with Crippen LogP contribution in [0.4, 0.5) is 5.82 Å². The Hall–Kier alpha value is -2.41. The number of H-pyrrole nitrogens is 1. The summed E-state index contributed by atoms with van der Waals surface area (Å²) in [5.41, 5.74) is 8.57. The van der Waals surface area contributed by atoms with Crippen LogP contribution in [0.1, 0.15) is 12.6 Å². The maximum absolute atomic E-state index is 5.93. The zero-order valence-corrected chi connectivity index (χ0v) is 11.6. The van der Waals surface area contributed by atoms with Crippen molar-refractivity contribution in [2.24, 2.45) is 0 Å². The van der Waals surface area contributed by atoms with E-state index in [1.807, 2.05) is 18.2 Å². The van der Waals surface area contributed by atoms with Crippen LogP contribution in [0.25, 0.3) is 26.4 Å². The number of fused-ring (bicyclic) bond motifs is 2. The summed E-state index contributed by atoms with van der Waals surface area (Å²) in [4.78, 5) is 4.61. The molecule has 1 aromatic carbocycles. The number of hydrogen-bond donors (Lipinski definition) is 2. The van der Waals surface area contributed by atoms with Crippen LogP contribution >= 0.6 is 11.3 Å². The van der Waals surface area contributed by atoms with Gasteiger partial charge in [0.1, 0.15) is 5.82 Å². The first-order valence-electron chi connectivity index (χ1n) is 6.35. The molecule has 3 N–H and O–H groups in total. The summed E-state index contributed by atoms with van der Waals surface area (Å²) in [5.74, 6) is 0.559. The van der Waals surface area contributed by atoms with E-state index in [-0.39, 0.29) is 0 Å². The Morgan fingerprint density at radius 2 is 2.20 bits per heavy atom. The smallest absolute Gasteiger partial charge is 0.213 e. The summed E-state index contributed by atoms with van der Waals surface area (Å²) in [5, 5.41) is 13.4. The second-order valence-corrected chi connectivity index (χ2v) is 5.52. The Bertz CT molecular complexity index is 883. The number of benzene rings is 1. The zero-order valence-electron chi connectivity index (χ0n) is 10.8. The predicted octanol–water partition coefficient (Wildman–Crippen LogP) is 2.50. The number of nitrogens with one attached hydrogen (secondary N) is 1. The van der Waals surface area contributed by atoms with Gasteiger partial charge in [-0.05, 0) is 18.6 Å². The minimum Gasteiger partial charge on any atom is -0.383 e. The Morgan fingerprint density at radius 3 is 3.00 bits per heavy atom. The maximum atomic E-state index is 5.93. The SMILES string of the molecule is CCc1nn(-c2nc3ccccc3s2)c2n[nH]c(N)c12. The second kappa shape index (κ2) is 4.04. The average Bonchev–Trinajstić information content (AvgIpc) is 3.13. The van der Waals surface area contributed by atoms with Gasteiger partial charge in [0.2, 0.25) is 5.13 Å². The van der Waals surface area contributed by atoms with Crippen molar-refractivity contribution in [3.8, 4) is 5.13 Å². The number of aromatic nitrogens is 5. The van der Waals surface area contributed by atoms with Crippen molar-refractivity contribution in [2.45, 2.75) is 13.3 Å². The molecule has 0 aliphatic heterocycles. The molecule has 0 saturated carbocycles. The topological polar surface area (TPSA) is 85.4 Å². The third-order valence-corrected chi connectivity index (χ3v) is 4.30. The number of nitrogens with two attached hydrogens (primary N) is 1. The van der Waals surface area contributed by atoms with Gasteiger partial charge in [0, 0.05) is 0 Å². The van der Waals surface area contributed by atoms with Crippen LogP contribution in [0.15, 0.2) is 24.3 Å². The van der Waals surface area contributed by atoms with Gasteiger partial charge in [0.15, 0.2) is 5.65 Å². The van der Waals surface area contributed by atoms with Crippen LogP contribution in [0, 0.1) is 0 Å². The fraction of sp³-hybridized carbons (Fsp3) is 0.154. The standard InChI is InChI=1S/C13H12N6S/c1-2-7-10-11(14)16-17-12(10)19(18-7)13-15-8-5-3-4-6-9(8)20-13/h3-6H,2H2,1H3,(H3,14,16,17). The number of hydrogen-bond acceptors (Lipinski definition) is 5. The third-order valence-electron chi connectivity index (χ3n) is 3.28. The third kappa shape index (κ3) is 1.47. The number of nitrogen functional groups attached to an aromatic ring is 1. The molecule has 0 bridgehead atoms. The largest absolute Gasteiger partial charge is 0.383 e. The van der Waals surface area contributed by atoms with Gasteiger partial charge in [0.05, 0.1) is 21.3 Å². The van der Waals surface area contributed by atoms with E-state index in [4.69, 9.17) is 5.73 Å². The fourth-order valence-electron chi connectivity index (χ4n) is 2.33. The highest BCUT2D eigenvalue weighted by Gasteiger charge is 2.18. The maximum Gasteiger partial charge on any atom is 0.213 e. The number of nitrogens with zero attached hydrogens (tertiary/aromatic N) is 4. The van der Waals surface area contributed by atoms with Crippen LogP contribution in [-0.2, 0) is 6.42 Å². The lowest BCUT2D eigenvalue weighted by atomic mass is 10.2. The highest BCUT2D eigenvalue weighted by molar-refractivity contribution is 7.20. The molecule has 0 spiro atoms. The van der Waals surface area contributed by atoms with Crippen LogP contribution < -0.4 is 5.73 Å². The second-order valence-electron chi connectivity index (χ2n) is 4.51. The van der Waals surface area contributed by atoms with Crippen molar-refractivity contribution in [3.63, 3.8) is 0 Å². The van der Waals surface area contributed by atoms with E-state index in [2.05, 4.69) is 33.3 Å². The van der Waals surface area contributed by atoms with Gasteiger partial charge in [-0.15, -0.1) is 0 Å².